The maximum atomic E-state index is 11.1. The standard InChI is InChI=1S/C13H13NO4S/c14-19(16,17)13-7-5-12(6-8-13)18-9-10-1-3-11(15)4-2-10/h1-8,15H,9H2,(H2,14,16,17). The van der Waals surface area contributed by atoms with Gasteiger partial charge in [-0.15, -0.1) is 0 Å². The minimum absolute atomic E-state index is 0.0458. The fourth-order valence-electron chi connectivity index (χ4n) is 1.48. The quantitative estimate of drug-likeness (QED) is 0.890. The molecule has 0 amide bonds. The van der Waals surface area contributed by atoms with Gasteiger partial charge in [0.1, 0.15) is 18.1 Å². The fraction of sp³-hybridized carbons (Fsp3) is 0.0769. The Balaban J connectivity index is 2.02. The van der Waals surface area contributed by atoms with Gasteiger partial charge in [0.25, 0.3) is 0 Å². The van der Waals surface area contributed by atoms with E-state index in [0.717, 1.165) is 5.56 Å². The van der Waals surface area contributed by atoms with Crippen molar-refractivity contribution >= 4 is 10.0 Å². The van der Waals surface area contributed by atoms with Crippen LogP contribution in [-0.4, -0.2) is 13.5 Å². The Morgan fingerprint density at radius 1 is 1.00 bits per heavy atom. The van der Waals surface area contributed by atoms with E-state index in [1.807, 2.05) is 0 Å². The summed E-state index contributed by atoms with van der Waals surface area (Å²) in [5, 5.41) is 14.1. The molecule has 0 spiro atoms. The molecule has 19 heavy (non-hydrogen) atoms. The SMILES string of the molecule is NS(=O)(=O)c1ccc(OCc2ccc(O)cc2)cc1. The minimum atomic E-state index is -3.67. The van der Waals surface area contributed by atoms with Gasteiger partial charge >= 0.3 is 0 Å². The highest BCUT2D eigenvalue weighted by atomic mass is 32.2. The first-order valence-electron chi connectivity index (χ1n) is 5.49. The summed E-state index contributed by atoms with van der Waals surface area (Å²) in [6.07, 6.45) is 0. The number of hydrogen-bond donors (Lipinski definition) is 2. The lowest BCUT2D eigenvalue weighted by molar-refractivity contribution is 0.306. The number of primary sulfonamides is 1. The minimum Gasteiger partial charge on any atom is -0.508 e. The number of hydrogen-bond acceptors (Lipinski definition) is 4. The van der Waals surface area contributed by atoms with Crippen molar-refractivity contribution in [3.63, 3.8) is 0 Å². The molecule has 0 fully saturated rings. The van der Waals surface area contributed by atoms with Crippen LogP contribution in [0.25, 0.3) is 0 Å². The van der Waals surface area contributed by atoms with Crippen molar-refractivity contribution < 1.29 is 18.3 Å². The summed E-state index contributed by atoms with van der Waals surface area (Å²) in [6, 6.07) is 12.5. The second kappa shape index (κ2) is 5.29. The predicted octanol–water partition coefficient (Wildman–Crippen LogP) is 1.62. The van der Waals surface area contributed by atoms with Gasteiger partial charge in [-0.25, -0.2) is 13.6 Å². The lowest BCUT2D eigenvalue weighted by Gasteiger charge is -2.07. The summed E-state index contributed by atoms with van der Waals surface area (Å²) in [6.45, 7) is 0.328. The Morgan fingerprint density at radius 2 is 1.58 bits per heavy atom. The normalized spacial score (nSPS) is 11.2. The molecule has 0 atom stereocenters. The first-order valence-corrected chi connectivity index (χ1v) is 7.03. The van der Waals surface area contributed by atoms with Crippen molar-refractivity contribution in [3.05, 3.63) is 54.1 Å². The molecule has 0 aliphatic carbocycles. The highest BCUT2D eigenvalue weighted by molar-refractivity contribution is 7.89. The van der Waals surface area contributed by atoms with E-state index in [4.69, 9.17) is 15.0 Å². The van der Waals surface area contributed by atoms with Crippen LogP contribution in [0.1, 0.15) is 5.56 Å². The Bertz CT molecular complexity index is 648. The number of rotatable bonds is 4. The Labute approximate surface area is 111 Å². The number of sulfonamides is 1. The van der Waals surface area contributed by atoms with Crippen molar-refractivity contribution in [2.75, 3.05) is 0 Å². The second-order valence-corrected chi connectivity index (χ2v) is 5.53. The van der Waals surface area contributed by atoms with Gasteiger partial charge in [0.2, 0.25) is 10.0 Å². The number of nitrogens with two attached hydrogens (primary N) is 1. The van der Waals surface area contributed by atoms with Crippen LogP contribution in [0.4, 0.5) is 0 Å². The van der Waals surface area contributed by atoms with E-state index in [0.29, 0.717) is 12.4 Å². The molecule has 6 heteroatoms. The number of phenolic OH excluding ortho intramolecular Hbond substituents is 1. The molecule has 0 heterocycles. The molecule has 2 aromatic rings. The van der Waals surface area contributed by atoms with Crippen LogP contribution in [0.3, 0.4) is 0 Å². The van der Waals surface area contributed by atoms with Crippen LogP contribution in [0.2, 0.25) is 0 Å². The average molecular weight is 279 g/mol. The van der Waals surface area contributed by atoms with Gasteiger partial charge in [0.15, 0.2) is 0 Å². The Kier molecular flexibility index (Phi) is 3.73. The molecule has 3 N–H and O–H groups in total. The summed E-state index contributed by atoms with van der Waals surface area (Å²) in [5.74, 6) is 0.738. The average Bonchev–Trinajstić information content (AvgIpc) is 2.37. The van der Waals surface area contributed by atoms with Gasteiger partial charge < -0.3 is 9.84 Å². The van der Waals surface area contributed by atoms with Crippen molar-refractivity contribution in [1.29, 1.82) is 0 Å². The van der Waals surface area contributed by atoms with E-state index in [2.05, 4.69) is 0 Å². The van der Waals surface area contributed by atoms with E-state index in [-0.39, 0.29) is 10.6 Å². The number of aromatic hydroxyl groups is 1. The lowest BCUT2D eigenvalue weighted by atomic mass is 10.2. The summed E-state index contributed by atoms with van der Waals surface area (Å²) in [4.78, 5) is 0.0458. The predicted molar refractivity (Wildman–Crippen MR) is 70.3 cm³/mol. The number of benzene rings is 2. The molecule has 0 radical (unpaired) electrons. The Hall–Kier alpha value is -2.05. The fourth-order valence-corrected chi connectivity index (χ4v) is 2.00. The molecule has 0 bridgehead atoms. The van der Waals surface area contributed by atoms with Crippen molar-refractivity contribution in [1.82, 2.24) is 0 Å². The first-order chi connectivity index (χ1) is 8.95. The number of phenols is 1. The van der Waals surface area contributed by atoms with Gasteiger partial charge in [0, 0.05) is 0 Å². The van der Waals surface area contributed by atoms with Crippen LogP contribution in [0.15, 0.2) is 53.4 Å². The molecule has 0 saturated carbocycles. The van der Waals surface area contributed by atoms with E-state index in [1.165, 1.54) is 12.1 Å². The van der Waals surface area contributed by atoms with E-state index < -0.39 is 10.0 Å². The zero-order chi connectivity index (χ0) is 13.9. The van der Waals surface area contributed by atoms with Crippen LogP contribution in [0.5, 0.6) is 11.5 Å². The van der Waals surface area contributed by atoms with Gasteiger partial charge in [0.05, 0.1) is 4.90 Å². The van der Waals surface area contributed by atoms with Gasteiger partial charge in [-0.2, -0.15) is 0 Å². The largest absolute Gasteiger partial charge is 0.508 e. The third kappa shape index (κ3) is 3.70. The smallest absolute Gasteiger partial charge is 0.238 e. The molecule has 0 unspecified atom stereocenters. The third-order valence-electron chi connectivity index (χ3n) is 2.49. The first kappa shape index (κ1) is 13.4. The van der Waals surface area contributed by atoms with Gasteiger partial charge in [-0.1, -0.05) is 12.1 Å². The van der Waals surface area contributed by atoms with E-state index in [1.54, 1.807) is 36.4 Å². The summed E-state index contributed by atoms with van der Waals surface area (Å²) < 4.78 is 27.6. The molecule has 2 rings (SSSR count). The molecule has 0 aliphatic rings. The molecular weight excluding hydrogens is 266 g/mol. The summed E-state index contributed by atoms with van der Waals surface area (Å²) in [7, 11) is -3.67. The lowest BCUT2D eigenvalue weighted by Crippen LogP contribution is -2.11. The maximum Gasteiger partial charge on any atom is 0.238 e. The number of ether oxygens (including phenoxy) is 1. The molecule has 100 valence electrons. The molecule has 2 aromatic carbocycles. The molecule has 0 aliphatic heterocycles. The van der Waals surface area contributed by atoms with Crippen LogP contribution in [0, 0.1) is 0 Å². The van der Waals surface area contributed by atoms with Gasteiger partial charge in [-0.3, -0.25) is 0 Å². The van der Waals surface area contributed by atoms with Crippen LogP contribution >= 0.6 is 0 Å². The summed E-state index contributed by atoms with van der Waals surface area (Å²) in [5.41, 5.74) is 0.897. The zero-order valence-electron chi connectivity index (χ0n) is 9.98. The topological polar surface area (TPSA) is 89.6 Å². The van der Waals surface area contributed by atoms with Crippen LogP contribution in [-0.2, 0) is 16.6 Å². The van der Waals surface area contributed by atoms with E-state index in [9.17, 15) is 8.42 Å². The molecule has 0 aromatic heterocycles. The molecular formula is C13H13NO4S. The van der Waals surface area contributed by atoms with E-state index >= 15 is 0 Å². The molecule has 0 saturated heterocycles. The second-order valence-electron chi connectivity index (χ2n) is 3.97. The highest BCUT2D eigenvalue weighted by Crippen LogP contribution is 2.17. The zero-order valence-corrected chi connectivity index (χ0v) is 10.8. The Morgan fingerprint density at radius 3 is 2.11 bits per heavy atom. The monoisotopic (exact) mass is 279 g/mol. The maximum absolute atomic E-state index is 11.1. The summed E-state index contributed by atoms with van der Waals surface area (Å²) >= 11 is 0. The van der Waals surface area contributed by atoms with Crippen molar-refractivity contribution in [2.45, 2.75) is 11.5 Å². The van der Waals surface area contributed by atoms with Crippen molar-refractivity contribution in [3.8, 4) is 11.5 Å². The highest BCUT2D eigenvalue weighted by Gasteiger charge is 2.06. The van der Waals surface area contributed by atoms with Crippen LogP contribution < -0.4 is 9.88 Å². The van der Waals surface area contributed by atoms with Gasteiger partial charge in [-0.05, 0) is 42.0 Å². The molecule has 5 nitrogen and oxygen atoms in total. The van der Waals surface area contributed by atoms with Crippen molar-refractivity contribution in [2.24, 2.45) is 5.14 Å². The third-order valence-corrected chi connectivity index (χ3v) is 3.42.